The number of likely N-dealkylation sites (tertiary alicyclic amines) is 1. The average molecular weight is 220 g/mol. The van der Waals surface area contributed by atoms with Gasteiger partial charge in [0.2, 0.25) is 5.95 Å². The summed E-state index contributed by atoms with van der Waals surface area (Å²) < 4.78 is 12.7. The Hall–Kier alpha value is -1.22. The molecule has 0 aliphatic carbocycles. The number of pyridine rings is 1. The lowest BCUT2D eigenvalue weighted by atomic mass is 10.0. The summed E-state index contributed by atoms with van der Waals surface area (Å²) in [6.07, 6.45) is 5.79. The van der Waals surface area contributed by atoms with E-state index in [9.17, 15) is 4.39 Å². The number of aromatic nitrogens is 1. The summed E-state index contributed by atoms with van der Waals surface area (Å²) in [5.41, 5.74) is 1.16. The molecule has 0 N–H and O–H groups in total. The number of rotatable bonds is 4. The van der Waals surface area contributed by atoms with Crippen LogP contribution in [0.2, 0.25) is 0 Å². The molecule has 1 fully saturated rings. The summed E-state index contributed by atoms with van der Waals surface area (Å²) in [4.78, 5) is 6.14. The Morgan fingerprint density at radius 1 is 1.56 bits per heavy atom. The molecule has 1 aliphatic heterocycles. The van der Waals surface area contributed by atoms with E-state index in [-0.39, 0.29) is 0 Å². The molecule has 1 aliphatic rings. The zero-order chi connectivity index (χ0) is 11.4. The Morgan fingerprint density at radius 3 is 3.12 bits per heavy atom. The largest absolute Gasteiger partial charge is 0.302 e. The molecule has 0 radical (unpaired) electrons. The van der Waals surface area contributed by atoms with Crippen LogP contribution in [-0.4, -0.2) is 29.5 Å². The number of nitrogens with zero attached hydrogens (tertiary/aromatic N) is 2. The van der Waals surface area contributed by atoms with Crippen molar-refractivity contribution in [2.45, 2.75) is 18.8 Å². The van der Waals surface area contributed by atoms with Gasteiger partial charge in [-0.2, -0.15) is 4.39 Å². The van der Waals surface area contributed by atoms with Crippen LogP contribution in [0.5, 0.6) is 0 Å². The van der Waals surface area contributed by atoms with Crippen molar-refractivity contribution in [3.8, 4) is 0 Å². The fourth-order valence-corrected chi connectivity index (χ4v) is 2.21. The van der Waals surface area contributed by atoms with Crippen LogP contribution in [0.3, 0.4) is 0 Å². The van der Waals surface area contributed by atoms with Gasteiger partial charge in [0, 0.05) is 19.3 Å². The molecule has 0 spiro atoms. The molecule has 86 valence electrons. The average Bonchev–Trinajstić information content (AvgIpc) is 2.76. The lowest BCUT2D eigenvalue weighted by molar-refractivity contribution is 0.341. The number of hydrogen-bond acceptors (Lipinski definition) is 2. The molecule has 0 aromatic carbocycles. The van der Waals surface area contributed by atoms with Crippen molar-refractivity contribution in [2.24, 2.45) is 0 Å². The van der Waals surface area contributed by atoms with Crippen LogP contribution >= 0.6 is 0 Å². The molecule has 1 unspecified atom stereocenters. The first-order valence-corrected chi connectivity index (χ1v) is 5.74. The highest BCUT2D eigenvalue weighted by molar-refractivity contribution is 5.17. The molecule has 2 heterocycles. The first kappa shape index (κ1) is 11.3. The van der Waals surface area contributed by atoms with Crippen molar-refractivity contribution in [1.29, 1.82) is 0 Å². The minimum absolute atomic E-state index is 0.398. The zero-order valence-corrected chi connectivity index (χ0v) is 9.40. The summed E-state index contributed by atoms with van der Waals surface area (Å²) in [6, 6.07) is 3.30. The second-order valence-electron chi connectivity index (χ2n) is 4.28. The number of hydrogen-bond donors (Lipinski definition) is 0. The van der Waals surface area contributed by atoms with Crippen LogP contribution < -0.4 is 0 Å². The standard InChI is InChI=1S/C13H17FN2/c1-2-3-7-16-8-6-12(10-16)11-4-5-13(14)15-9-11/h2,4-5,9,12H,1,3,6-8,10H2. The van der Waals surface area contributed by atoms with Crippen molar-refractivity contribution < 1.29 is 4.39 Å². The fourth-order valence-electron chi connectivity index (χ4n) is 2.21. The second kappa shape index (κ2) is 5.21. The Bertz CT molecular complexity index is 347. The normalized spacial score (nSPS) is 21.2. The SMILES string of the molecule is C=CCCN1CCC(c2ccc(F)nc2)C1. The molecule has 2 nitrogen and oxygen atoms in total. The number of halogens is 1. The summed E-state index contributed by atoms with van der Waals surface area (Å²) in [5.74, 6) is 0.114. The lowest BCUT2D eigenvalue weighted by Crippen LogP contribution is -2.21. The molecule has 16 heavy (non-hydrogen) atoms. The van der Waals surface area contributed by atoms with E-state index in [1.807, 2.05) is 12.1 Å². The molecule has 1 atom stereocenters. The molecule has 1 aromatic rings. The van der Waals surface area contributed by atoms with Crippen molar-refractivity contribution in [3.05, 3.63) is 42.5 Å². The maximum Gasteiger partial charge on any atom is 0.212 e. The van der Waals surface area contributed by atoms with Gasteiger partial charge in [-0.3, -0.25) is 0 Å². The van der Waals surface area contributed by atoms with Crippen molar-refractivity contribution in [3.63, 3.8) is 0 Å². The highest BCUT2D eigenvalue weighted by Crippen LogP contribution is 2.26. The van der Waals surface area contributed by atoms with E-state index in [2.05, 4.69) is 16.5 Å². The summed E-state index contributed by atoms with van der Waals surface area (Å²) >= 11 is 0. The molecule has 1 saturated heterocycles. The van der Waals surface area contributed by atoms with Crippen LogP contribution in [0.1, 0.15) is 24.3 Å². The van der Waals surface area contributed by atoms with E-state index < -0.39 is 5.95 Å². The summed E-state index contributed by atoms with van der Waals surface area (Å²) in [6.45, 7) is 6.99. The van der Waals surface area contributed by atoms with E-state index in [0.29, 0.717) is 5.92 Å². The van der Waals surface area contributed by atoms with Gasteiger partial charge in [-0.25, -0.2) is 4.98 Å². The van der Waals surface area contributed by atoms with Crippen LogP contribution in [0.25, 0.3) is 0 Å². The fraction of sp³-hybridized carbons (Fsp3) is 0.462. The third-order valence-electron chi connectivity index (χ3n) is 3.14. The minimum atomic E-state index is -0.398. The van der Waals surface area contributed by atoms with E-state index in [1.165, 1.54) is 6.07 Å². The monoisotopic (exact) mass is 220 g/mol. The van der Waals surface area contributed by atoms with Gasteiger partial charge < -0.3 is 4.90 Å². The Balaban J connectivity index is 1.92. The maximum absolute atomic E-state index is 12.7. The molecule has 3 heteroatoms. The predicted octanol–water partition coefficient (Wildman–Crippen LogP) is 2.59. The van der Waals surface area contributed by atoms with Crippen LogP contribution in [0.15, 0.2) is 31.0 Å². The van der Waals surface area contributed by atoms with E-state index >= 15 is 0 Å². The van der Waals surface area contributed by atoms with Crippen molar-refractivity contribution in [1.82, 2.24) is 9.88 Å². The van der Waals surface area contributed by atoms with Gasteiger partial charge >= 0.3 is 0 Å². The molecule has 1 aromatic heterocycles. The molecule has 2 rings (SSSR count). The molecule has 0 bridgehead atoms. The maximum atomic E-state index is 12.7. The van der Waals surface area contributed by atoms with Crippen LogP contribution in [-0.2, 0) is 0 Å². The zero-order valence-electron chi connectivity index (χ0n) is 9.40. The third kappa shape index (κ3) is 2.67. The van der Waals surface area contributed by atoms with Crippen molar-refractivity contribution in [2.75, 3.05) is 19.6 Å². The van der Waals surface area contributed by atoms with Gasteiger partial charge in [0.25, 0.3) is 0 Å². The van der Waals surface area contributed by atoms with Gasteiger partial charge in [-0.05, 0) is 36.9 Å². The van der Waals surface area contributed by atoms with Crippen LogP contribution in [0.4, 0.5) is 4.39 Å². The first-order valence-electron chi connectivity index (χ1n) is 5.74. The summed E-state index contributed by atoms with van der Waals surface area (Å²) in [5, 5.41) is 0. The highest BCUT2D eigenvalue weighted by atomic mass is 19.1. The molecule has 0 amide bonds. The van der Waals surface area contributed by atoms with E-state index in [4.69, 9.17) is 0 Å². The molecule has 0 saturated carbocycles. The van der Waals surface area contributed by atoms with E-state index in [1.54, 1.807) is 6.20 Å². The quantitative estimate of drug-likeness (QED) is 0.572. The van der Waals surface area contributed by atoms with Gasteiger partial charge in [0.1, 0.15) is 0 Å². The molecular weight excluding hydrogens is 203 g/mol. The predicted molar refractivity (Wildman–Crippen MR) is 62.8 cm³/mol. The first-order chi connectivity index (χ1) is 7.79. The third-order valence-corrected chi connectivity index (χ3v) is 3.14. The van der Waals surface area contributed by atoms with Gasteiger partial charge in [-0.1, -0.05) is 12.1 Å². The Kier molecular flexibility index (Phi) is 3.67. The van der Waals surface area contributed by atoms with Crippen LogP contribution in [0, 0.1) is 5.95 Å². The second-order valence-corrected chi connectivity index (χ2v) is 4.28. The van der Waals surface area contributed by atoms with Gasteiger partial charge in [0.05, 0.1) is 0 Å². The lowest BCUT2D eigenvalue weighted by Gasteiger charge is -2.14. The smallest absolute Gasteiger partial charge is 0.212 e. The topological polar surface area (TPSA) is 16.1 Å². The summed E-state index contributed by atoms with van der Waals surface area (Å²) in [7, 11) is 0. The Labute approximate surface area is 95.8 Å². The van der Waals surface area contributed by atoms with Crippen molar-refractivity contribution >= 4 is 0 Å². The minimum Gasteiger partial charge on any atom is -0.302 e. The Morgan fingerprint density at radius 2 is 2.44 bits per heavy atom. The van der Waals surface area contributed by atoms with Gasteiger partial charge in [0.15, 0.2) is 0 Å². The molecular formula is C13H17FN2. The van der Waals surface area contributed by atoms with Gasteiger partial charge in [-0.15, -0.1) is 6.58 Å². The highest BCUT2D eigenvalue weighted by Gasteiger charge is 2.23. The van der Waals surface area contributed by atoms with E-state index in [0.717, 1.165) is 38.0 Å².